The number of likely N-dealkylation sites (tertiary alicyclic amines) is 1. The second-order valence-electron chi connectivity index (χ2n) is 12.2. The van der Waals surface area contributed by atoms with E-state index in [4.69, 9.17) is 0 Å². The Kier molecular flexibility index (Phi) is 8.86. The summed E-state index contributed by atoms with van der Waals surface area (Å²) in [5.41, 5.74) is -0.199. The molecule has 39 heavy (non-hydrogen) atoms. The van der Waals surface area contributed by atoms with Crippen LogP contribution in [-0.4, -0.2) is 52.1 Å². The van der Waals surface area contributed by atoms with E-state index < -0.39 is 11.6 Å². The molecule has 0 radical (unpaired) electrons. The maximum absolute atomic E-state index is 13.9. The first-order valence-corrected chi connectivity index (χ1v) is 15.2. The summed E-state index contributed by atoms with van der Waals surface area (Å²) in [4.78, 5) is 34.2. The molecule has 0 bridgehead atoms. The molecule has 2 heterocycles. The van der Waals surface area contributed by atoms with Gasteiger partial charge < -0.3 is 15.5 Å². The maximum Gasteiger partial charge on any atom is 0.350 e. The molecule has 8 heteroatoms. The van der Waals surface area contributed by atoms with Gasteiger partial charge in [-0.1, -0.05) is 69.9 Å². The van der Waals surface area contributed by atoms with E-state index in [0.29, 0.717) is 31.0 Å². The van der Waals surface area contributed by atoms with E-state index in [1.165, 1.54) is 25.7 Å². The molecule has 1 saturated heterocycles. The molecular formula is C31H44N6O2. The number of anilines is 1. The highest BCUT2D eigenvalue weighted by atomic mass is 16.2. The van der Waals surface area contributed by atoms with Crippen molar-refractivity contribution in [2.24, 2.45) is 5.92 Å². The summed E-state index contributed by atoms with van der Waals surface area (Å²) in [6.45, 7) is 1.91. The normalized spacial score (nSPS) is 22.1. The van der Waals surface area contributed by atoms with Gasteiger partial charge in [-0.3, -0.25) is 9.36 Å². The molecular weight excluding hydrogens is 488 g/mol. The molecule has 1 amide bonds. The van der Waals surface area contributed by atoms with Gasteiger partial charge in [0.2, 0.25) is 5.91 Å². The lowest BCUT2D eigenvalue weighted by Gasteiger charge is -2.34. The fourth-order valence-electron chi connectivity index (χ4n) is 6.99. The van der Waals surface area contributed by atoms with Crippen LogP contribution in [0, 0.1) is 17.2 Å². The van der Waals surface area contributed by atoms with Crippen LogP contribution in [0.3, 0.4) is 0 Å². The zero-order valence-electron chi connectivity index (χ0n) is 23.5. The second-order valence-corrected chi connectivity index (χ2v) is 12.2. The zero-order valence-corrected chi connectivity index (χ0v) is 23.5. The molecule has 5 rings (SSSR count). The van der Waals surface area contributed by atoms with Gasteiger partial charge in [0.25, 0.3) is 0 Å². The molecule has 2 saturated carbocycles. The standard InChI is InChI=1S/C31H44N6O2/c1-36-19-15-24(16-20-36)37-27-14-8-7-13-25(27)28(34-30(37)39)33-26(21-23-11-5-2-3-6-12-23)29(38)35-31(22-32)17-9-4-10-18-31/h7-8,13-14,23-24,26H,2-6,9-12,15-21H2,1H3,(H,35,38)(H,33,34,39)/t26-/m0/s1. The Morgan fingerprint density at radius 3 is 2.41 bits per heavy atom. The van der Waals surface area contributed by atoms with Gasteiger partial charge >= 0.3 is 5.69 Å². The first-order chi connectivity index (χ1) is 19.0. The topological polar surface area (TPSA) is 103 Å². The molecule has 2 N–H and O–H groups in total. The lowest BCUT2D eigenvalue weighted by molar-refractivity contribution is -0.123. The van der Waals surface area contributed by atoms with E-state index in [-0.39, 0.29) is 17.6 Å². The number of nitrogens with one attached hydrogen (secondary N) is 2. The minimum absolute atomic E-state index is 0.118. The van der Waals surface area contributed by atoms with Crippen LogP contribution in [0.4, 0.5) is 5.82 Å². The van der Waals surface area contributed by atoms with Crippen molar-refractivity contribution in [1.29, 1.82) is 5.26 Å². The number of carbonyl (C=O) groups excluding carboxylic acids is 1. The molecule has 2 aliphatic carbocycles. The van der Waals surface area contributed by atoms with Gasteiger partial charge in [0.05, 0.1) is 11.6 Å². The fraction of sp³-hybridized carbons (Fsp3) is 0.677. The van der Waals surface area contributed by atoms with E-state index in [1.807, 2.05) is 28.8 Å². The molecule has 210 valence electrons. The molecule has 2 aromatic rings. The molecule has 0 spiro atoms. The van der Waals surface area contributed by atoms with Crippen LogP contribution in [0.5, 0.6) is 0 Å². The Balaban J connectivity index is 1.46. The maximum atomic E-state index is 13.9. The number of nitriles is 1. The minimum Gasteiger partial charge on any atom is -0.358 e. The van der Waals surface area contributed by atoms with Crippen LogP contribution in [0.25, 0.3) is 10.9 Å². The second kappa shape index (κ2) is 12.5. The summed E-state index contributed by atoms with van der Waals surface area (Å²) in [5.74, 6) is 0.766. The molecule has 3 aliphatic rings. The summed E-state index contributed by atoms with van der Waals surface area (Å²) in [6.07, 6.45) is 14.0. The van der Waals surface area contributed by atoms with Gasteiger partial charge in [-0.2, -0.15) is 10.2 Å². The fourth-order valence-corrected chi connectivity index (χ4v) is 6.99. The van der Waals surface area contributed by atoms with Crippen molar-refractivity contribution < 1.29 is 4.79 Å². The predicted molar refractivity (Wildman–Crippen MR) is 155 cm³/mol. The lowest BCUT2D eigenvalue weighted by atomic mass is 9.82. The summed E-state index contributed by atoms with van der Waals surface area (Å²) in [5, 5.41) is 17.5. The molecule has 1 aromatic heterocycles. The quantitative estimate of drug-likeness (QED) is 0.478. The SMILES string of the molecule is CN1CCC(n2c(=O)nc(N[C@@H](CC3CCCCCC3)C(=O)NC3(C#N)CCCCC3)c3ccccc32)CC1. The van der Waals surface area contributed by atoms with Gasteiger partial charge in [0.1, 0.15) is 17.4 Å². The number of hydrogen-bond acceptors (Lipinski definition) is 6. The Bertz CT molecular complexity index is 1230. The number of carbonyl (C=O) groups is 1. The Hall–Kier alpha value is -2.92. The lowest BCUT2D eigenvalue weighted by Crippen LogP contribution is -2.53. The minimum atomic E-state index is -0.800. The Morgan fingerprint density at radius 2 is 1.72 bits per heavy atom. The summed E-state index contributed by atoms with van der Waals surface area (Å²) < 4.78 is 1.86. The highest BCUT2D eigenvalue weighted by molar-refractivity contribution is 5.92. The van der Waals surface area contributed by atoms with E-state index in [2.05, 4.69) is 33.6 Å². The van der Waals surface area contributed by atoms with Crippen molar-refractivity contribution >= 4 is 22.6 Å². The number of fused-ring (bicyclic) bond motifs is 1. The molecule has 3 fully saturated rings. The van der Waals surface area contributed by atoms with Gasteiger partial charge in [0.15, 0.2) is 0 Å². The Morgan fingerprint density at radius 1 is 1.05 bits per heavy atom. The van der Waals surface area contributed by atoms with Gasteiger partial charge in [-0.15, -0.1) is 0 Å². The highest BCUT2D eigenvalue weighted by Crippen LogP contribution is 2.32. The van der Waals surface area contributed by atoms with Crippen LogP contribution in [0.1, 0.15) is 95.9 Å². The number of piperidine rings is 1. The smallest absolute Gasteiger partial charge is 0.350 e. The zero-order chi connectivity index (χ0) is 27.2. The number of hydrogen-bond donors (Lipinski definition) is 2. The summed E-state index contributed by atoms with van der Waals surface area (Å²) in [7, 11) is 2.12. The number of nitrogens with zero attached hydrogens (tertiary/aromatic N) is 4. The third-order valence-corrected chi connectivity index (χ3v) is 9.34. The molecule has 1 aliphatic heterocycles. The summed E-state index contributed by atoms with van der Waals surface area (Å²) in [6, 6.07) is 9.92. The Labute approximate surface area is 232 Å². The van der Waals surface area contributed by atoms with Crippen LogP contribution in [0.2, 0.25) is 0 Å². The molecule has 1 aromatic carbocycles. The van der Waals surface area contributed by atoms with Crippen molar-refractivity contribution in [1.82, 2.24) is 19.8 Å². The number of rotatable bonds is 7. The third kappa shape index (κ3) is 6.46. The van der Waals surface area contributed by atoms with Gasteiger partial charge in [0, 0.05) is 11.4 Å². The largest absolute Gasteiger partial charge is 0.358 e. The molecule has 0 unspecified atom stereocenters. The van der Waals surface area contributed by atoms with Gasteiger partial charge in [-0.25, -0.2) is 4.79 Å². The molecule has 8 nitrogen and oxygen atoms in total. The predicted octanol–water partition coefficient (Wildman–Crippen LogP) is 5.15. The van der Waals surface area contributed by atoms with E-state index >= 15 is 0 Å². The highest BCUT2D eigenvalue weighted by Gasteiger charge is 2.36. The van der Waals surface area contributed by atoms with Crippen molar-refractivity contribution in [2.75, 3.05) is 25.5 Å². The van der Waals surface area contributed by atoms with E-state index in [0.717, 1.165) is 68.9 Å². The first-order valence-electron chi connectivity index (χ1n) is 15.2. The number of benzene rings is 1. The first kappa shape index (κ1) is 27.6. The van der Waals surface area contributed by atoms with Crippen LogP contribution >= 0.6 is 0 Å². The van der Waals surface area contributed by atoms with E-state index in [9.17, 15) is 14.9 Å². The average molecular weight is 533 g/mol. The number of amides is 1. The third-order valence-electron chi connectivity index (χ3n) is 9.34. The van der Waals surface area contributed by atoms with Gasteiger partial charge in [-0.05, 0) is 70.3 Å². The van der Waals surface area contributed by atoms with E-state index in [1.54, 1.807) is 0 Å². The molecule has 1 atom stereocenters. The van der Waals surface area contributed by atoms with Crippen molar-refractivity contribution in [3.63, 3.8) is 0 Å². The number of para-hydroxylation sites is 1. The number of aromatic nitrogens is 2. The monoisotopic (exact) mass is 532 g/mol. The van der Waals surface area contributed by atoms with Crippen molar-refractivity contribution in [3.05, 3.63) is 34.7 Å². The average Bonchev–Trinajstić information content (AvgIpc) is 3.23. The van der Waals surface area contributed by atoms with Crippen molar-refractivity contribution in [2.45, 2.75) is 108 Å². The van der Waals surface area contributed by atoms with Crippen molar-refractivity contribution in [3.8, 4) is 6.07 Å². The van der Waals surface area contributed by atoms with Crippen LogP contribution in [-0.2, 0) is 4.79 Å². The van der Waals surface area contributed by atoms with Crippen LogP contribution in [0.15, 0.2) is 29.1 Å². The van der Waals surface area contributed by atoms with Crippen LogP contribution < -0.4 is 16.3 Å². The summed E-state index contributed by atoms with van der Waals surface area (Å²) >= 11 is 0.